The Morgan fingerprint density at radius 2 is 1.60 bits per heavy atom. The highest BCUT2D eigenvalue weighted by Gasteiger charge is 2.38. The fourth-order valence-corrected chi connectivity index (χ4v) is 5.04. The zero-order valence-corrected chi connectivity index (χ0v) is 26.9. The zero-order chi connectivity index (χ0) is 34.9. The number of carbonyl (C=O) groups excluding carboxylic acids is 1. The van der Waals surface area contributed by atoms with Crippen molar-refractivity contribution in [3.63, 3.8) is 0 Å². The van der Waals surface area contributed by atoms with Crippen LogP contribution in [0.4, 0.5) is 13.2 Å². The van der Waals surface area contributed by atoms with E-state index in [1.165, 1.54) is 5.56 Å². The molecule has 0 radical (unpaired) electrons. The molecule has 10 nitrogen and oxygen atoms in total. The van der Waals surface area contributed by atoms with Crippen molar-refractivity contribution in [1.29, 1.82) is 0 Å². The molecule has 2 heterocycles. The molecule has 0 aliphatic heterocycles. The second-order valence-corrected chi connectivity index (χ2v) is 11.9. The number of aryl methyl sites for hydroxylation is 2. The molecule has 5 N–H and O–H groups in total. The van der Waals surface area contributed by atoms with E-state index >= 15 is 0 Å². The lowest BCUT2D eigenvalue weighted by Crippen LogP contribution is -2.50. The molecule has 2 aromatic heterocycles. The molecule has 0 aliphatic rings. The normalized spacial score (nSPS) is 12.2. The molecule has 0 bridgehead atoms. The van der Waals surface area contributed by atoms with Crippen molar-refractivity contribution >= 4 is 22.8 Å². The molecule has 0 spiro atoms. The van der Waals surface area contributed by atoms with E-state index < -0.39 is 23.7 Å². The Labute approximate surface area is 276 Å². The lowest BCUT2D eigenvalue weighted by Gasteiger charge is -2.25. The molecular formula is C35H39F3N6O4. The molecule has 0 saturated heterocycles. The third kappa shape index (κ3) is 9.67. The van der Waals surface area contributed by atoms with Gasteiger partial charge < -0.3 is 30.4 Å². The van der Waals surface area contributed by atoms with E-state index in [0.29, 0.717) is 18.8 Å². The maximum Gasteiger partial charge on any atom is 0.490 e. The summed E-state index contributed by atoms with van der Waals surface area (Å²) in [5.74, 6) is -0.606. The number of alkyl halides is 3. The van der Waals surface area contributed by atoms with Gasteiger partial charge in [-0.3, -0.25) is 4.79 Å². The van der Waals surface area contributed by atoms with Gasteiger partial charge in [0.1, 0.15) is 11.6 Å². The summed E-state index contributed by atoms with van der Waals surface area (Å²) < 4.78 is 39.2. The van der Waals surface area contributed by atoms with Crippen LogP contribution < -0.4 is 15.8 Å². The number of aromatic amines is 1. The fraction of sp³-hybridized carbons (Fsp3) is 0.314. The highest BCUT2D eigenvalue weighted by Crippen LogP contribution is 2.26. The van der Waals surface area contributed by atoms with Crippen molar-refractivity contribution < 1.29 is 32.6 Å². The number of benzene rings is 3. The average Bonchev–Trinajstić information content (AvgIpc) is 3.64. The smallest absolute Gasteiger partial charge is 0.490 e. The molecule has 1 atom stereocenters. The summed E-state index contributed by atoms with van der Waals surface area (Å²) in [6.07, 6.45) is 0.0929. The number of nitrogens with zero attached hydrogens (tertiary/aromatic N) is 3. The number of nitrogens with two attached hydrogens (primary N) is 1. The van der Waals surface area contributed by atoms with Crippen LogP contribution in [0.15, 0.2) is 85.1 Å². The minimum Gasteiger partial charge on any atom is -0.497 e. The number of rotatable bonds is 12. The highest BCUT2D eigenvalue weighted by atomic mass is 19.4. The molecule has 48 heavy (non-hydrogen) atoms. The number of methoxy groups -OCH3 is 1. The van der Waals surface area contributed by atoms with Gasteiger partial charge in [0.25, 0.3) is 0 Å². The van der Waals surface area contributed by atoms with Gasteiger partial charge in [-0.15, -0.1) is 10.2 Å². The van der Waals surface area contributed by atoms with E-state index in [2.05, 4.69) is 50.3 Å². The van der Waals surface area contributed by atoms with Crippen molar-refractivity contribution in [1.82, 2.24) is 25.1 Å². The Morgan fingerprint density at radius 1 is 0.958 bits per heavy atom. The Morgan fingerprint density at radius 3 is 2.23 bits per heavy atom. The van der Waals surface area contributed by atoms with E-state index in [4.69, 9.17) is 25.5 Å². The number of amides is 1. The SMILES string of the molecule is COc1ccc(Cn2c(CCCc3ccccc3)nnc2[C@@H](Cc2c[nH]c3ccccc23)NC(=O)C(C)(C)N)cc1.O=C(O)C(F)(F)F. The van der Waals surface area contributed by atoms with E-state index in [9.17, 15) is 18.0 Å². The number of carboxylic acids is 1. The second kappa shape index (κ2) is 15.6. The van der Waals surface area contributed by atoms with Crippen molar-refractivity contribution in [3.8, 4) is 5.75 Å². The largest absolute Gasteiger partial charge is 0.497 e. The van der Waals surface area contributed by atoms with E-state index in [-0.39, 0.29) is 5.91 Å². The Hall–Kier alpha value is -5.17. The van der Waals surface area contributed by atoms with Gasteiger partial charge in [0.05, 0.1) is 25.2 Å². The minimum absolute atomic E-state index is 0.244. The number of H-pyrrole nitrogens is 1. The van der Waals surface area contributed by atoms with E-state index in [1.54, 1.807) is 21.0 Å². The maximum absolute atomic E-state index is 13.2. The van der Waals surface area contributed by atoms with Gasteiger partial charge in [-0.05, 0) is 61.6 Å². The first-order valence-electron chi connectivity index (χ1n) is 15.3. The van der Waals surface area contributed by atoms with Gasteiger partial charge in [0.2, 0.25) is 5.91 Å². The number of aliphatic carboxylic acids is 1. The summed E-state index contributed by atoms with van der Waals surface area (Å²) in [4.78, 5) is 25.4. The molecule has 0 fully saturated rings. The van der Waals surface area contributed by atoms with Crippen LogP contribution in [-0.4, -0.2) is 55.6 Å². The van der Waals surface area contributed by atoms with Gasteiger partial charge in [-0.25, -0.2) is 4.79 Å². The van der Waals surface area contributed by atoms with Crippen LogP contribution in [0, 0.1) is 0 Å². The summed E-state index contributed by atoms with van der Waals surface area (Å²) >= 11 is 0. The van der Waals surface area contributed by atoms with Crippen LogP contribution in [0.2, 0.25) is 0 Å². The summed E-state index contributed by atoms with van der Waals surface area (Å²) in [5, 5.41) is 20.8. The molecule has 0 aliphatic carbocycles. The first kappa shape index (κ1) is 35.7. The van der Waals surface area contributed by atoms with Crippen LogP contribution in [0.3, 0.4) is 0 Å². The van der Waals surface area contributed by atoms with E-state index in [0.717, 1.165) is 52.9 Å². The van der Waals surface area contributed by atoms with Crippen LogP contribution in [0.1, 0.15) is 54.6 Å². The molecule has 254 valence electrons. The number of fused-ring (bicyclic) bond motifs is 1. The number of carbonyl (C=O) groups is 2. The highest BCUT2D eigenvalue weighted by molar-refractivity contribution is 5.86. The second-order valence-electron chi connectivity index (χ2n) is 11.9. The third-order valence-electron chi connectivity index (χ3n) is 7.61. The summed E-state index contributed by atoms with van der Waals surface area (Å²) in [6, 6.07) is 26.2. The number of ether oxygens (including phenoxy) is 1. The van der Waals surface area contributed by atoms with Gasteiger partial charge >= 0.3 is 12.1 Å². The molecule has 1 amide bonds. The van der Waals surface area contributed by atoms with Crippen LogP contribution in [-0.2, 0) is 35.4 Å². The molecular weight excluding hydrogens is 625 g/mol. The van der Waals surface area contributed by atoms with Crippen LogP contribution in [0.25, 0.3) is 10.9 Å². The maximum atomic E-state index is 13.2. The first-order chi connectivity index (χ1) is 22.8. The Kier molecular flexibility index (Phi) is 11.6. The van der Waals surface area contributed by atoms with Crippen molar-refractivity contribution in [2.75, 3.05) is 7.11 Å². The number of hydrogen-bond donors (Lipinski definition) is 4. The molecule has 13 heteroatoms. The molecule has 5 aromatic rings. The molecule has 0 saturated carbocycles. The fourth-order valence-electron chi connectivity index (χ4n) is 5.04. The minimum atomic E-state index is -5.08. The van der Waals surface area contributed by atoms with Crippen molar-refractivity contribution in [3.05, 3.63) is 113 Å². The quantitative estimate of drug-likeness (QED) is 0.133. The predicted molar refractivity (Wildman–Crippen MR) is 175 cm³/mol. The predicted octanol–water partition coefficient (Wildman–Crippen LogP) is 5.76. The Bertz CT molecular complexity index is 1800. The topological polar surface area (TPSA) is 148 Å². The van der Waals surface area contributed by atoms with Gasteiger partial charge in [0, 0.05) is 29.9 Å². The third-order valence-corrected chi connectivity index (χ3v) is 7.61. The van der Waals surface area contributed by atoms with Gasteiger partial charge in [-0.2, -0.15) is 13.2 Å². The monoisotopic (exact) mass is 664 g/mol. The van der Waals surface area contributed by atoms with E-state index in [1.807, 2.05) is 54.7 Å². The summed E-state index contributed by atoms with van der Waals surface area (Å²) in [5.41, 5.74) is 9.69. The molecule has 3 aromatic carbocycles. The summed E-state index contributed by atoms with van der Waals surface area (Å²) in [7, 11) is 1.66. The van der Waals surface area contributed by atoms with Crippen molar-refractivity contribution in [2.45, 2.75) is 63.8 Å². The number of carboxylic acid groups (broad SMARTS) is 1. The number of halogens is 3. The number of nitrogens with one attached hydrogen (secondary N) is 2. The first-order valence-corrected chi connectivity index (χ1v) is 15.3. The number of aromatic nitrogens is 4. The molecule has 0 unspecified atom stereocenters. The van der Waals surface area contributed by atoms with Crippen LogP contribution in [0.5, 0.6) is 5.75 Å². The lowest BCUT2D eigenvalue weighted by molar-refractivity contribution is -0.192. The average molecular weight is 665 g/mol. The van der Waals surface area contributed by atoms with Crippen LogP contribution >= 0.6 is 0 Å². The van der Waals surface area contributed by atoms with Crippen molar-refractivity contribution in [2.24, 2.45) is 5.73 Å². The van der Waals surface area contributed by atoms with Gasteiger partial charge in [-0.1, -0.05) is 60.7 Å². The number of para-hydroxylation sites is 1. The Balaban J connectivity index is 0.000000671. The lowest BCUT2D eigenvalue weighted by atomic mass is 10.0. The van der Waals surface area contributed by atoms with Gasteiger partial charge in [0.15, 0.2) is 5.82 Å². The number of hydrogen-bond acceptors (Lipinski definition) is 6. The molecule has 5 rings (SSSR count). The standard InChI is InChI=1S/C33H38N6O2.C2HF3O2/c1-33(2,34)32(40)36-29(20-25-21-35-28-14-8-7-13-27(25)28)31-38-37-30(15-9-12-23-10-5-4-6-11-23)39(31)22-24-16-18-26(41-3)19-17-24;3-2(4,5)1(6)7/h4-8,10-11,13-14,16-19,21,29,35H,9,12,15,20,22,34H2,1-3H3,(H,36,40);(H,6,7)/t29-;/m1./s1. The summed E-state index contributed by atoms with van der Waals surface area (Å²) in [6.45, 7) is 3.99. The zero-order valence-electron chi connectivity index (χ0n) is 26.9.